The van der Waals surface area contributed by atoms with Gasteiger partial charge in [-0.3, -0.25) is 0 Å². The van der Waals surface area contributed by atoms with Crippen molar-refractivity contribution in [3.05, 3.63) is 0 Å². The summed E-state index contributed by atoms with van der Waals surface area (Å²) in [6.07, 6.45) is 1.41. The van der Waals surface area contributed by atoms with Crippen molar-refractivity contribution in [2.45, 2.75) is 145 Å². The molecule has 0 bridgehead atoms. The molecule has 0 radical (unpaired) electrons. The second-order valence-corrected chi connectivity index (χ2v) is 22.0. The molecule has 0 aliphatic heterocycles. The number of rotatable bonds is 0. The standard InChI is InChI=1S/C40H64/c1-22-23(2)27(7)26(22,6)30(10)31(27,11)35(15)34(30,14)38(18)37(17)33(13)29(9)25(5)21-24(3,4)28(25,8)32(29,12)36(33,16)40(37,20)39(35,38)19/h22-23H,21H2,1-20H3. The Morgan fingerprint density at radius 2 is 0.525 bits per heavy atom. The van der Waals surface area contributed by atoms with Crippen LogP contribution in [0.5, 0.6) is 0 Å². The molecule has 0 aromatic heterocycles. The van der Waals surface area contributed by atoms with Crippen LogP contribution in [0.2, 0.25) is 0 Å². The van der Waals surface area contributed by atoms with E-state index in [9.17, 15) is 0 Å². The SMILES string of the molecule is CC1C(C)C2(C)C1(C)C1(C)C2(C)C2(C)C1(C)C1(C)C3(C)C4(C)C5(C)C6(C)CC(C)(C)C6(C)C5(C)C4(C)C3(C)C21C. The van der Waals surface area contributed by atoms with Crippen LogP contribution in [0.15, 0.2) is 0 Å². The largest absolute Gasteiger partial charge is 0.0617 e. The number of hydrogen-bond donors (Lipinski definition) is 0. The van der Waals surface area contributed by atoms with Crippen LogP contribution in [0.3, 0.4) is 0 Å². The molecule has 18 atom stereocenters. The first-order valence-corrected chi connectivity index (χ1v) is 17.5. The average Bonchev–Trinajstić information content (AvgIpc) is 2.91. The summed E-state index contributed by atoms with van der Waals surface area (Å²) in [4.78, 5) is 0. The predicted molar refractivity (Wildman–Crippen MR) is 166 cm³/mol. The van der Waals surface area contributed by atoms with E-state index in [1.165, 1.54) is 6.42 Å². The van der Waals surface area contributed by atoms with E-state index in [0.29, 0.717) is 92.1 Å². The Morgan fingerprint density at radius 3 is 0.800 bits per heavy atom. The highest BCUT2D eigenvalue weighted by Gasteiger charge is 3.23. The third-order valence-electron chi connectivity index (χ3n) is 27.1. The zero-order valence-corrected chi connectivity index (χ0v) is 30.4. The average molecular weight is 545 g/mol. The van der Waals surface area contributed by atoms with Gasteiger partial charge in [0.05, 0.1) is 0 Å². The number of hydrogen-bond acceptors (Lipinski definition) is 0. The Hall–Kier alpha value is 0. The molecule has 0 heteroatoms. The maximum atomic E-state index is 2.88. The Morgan fingerprint density at radius 1 is 0.300 bits per heavy atom. The summed E-state index contributed by atoms with van der Waals surface area (Å²) in [7, 11) is 0. The molecule has 9 saturated carbocycles. The zero-order chi connectivity index (χ0) is 30.4. The second-order valence-electron chi connectivity index (χ2n) is 22.0. The van der Waals surface area contributed by atoms with Crippen LogP contribution < -0.4 is 0 Å². The summed E-state index contributed by atoms with van der Waals surface area (Å²) in [5.41, 5.74) is 6.61. The number of fused-ring (bicyclic) bond motifs is 22. The first-order valence-electron chi connectivity index (χ1n) is 17.5. The molecule has 0 amide bonds. The Kier molecular flexibility index (Phi) is 3.13. The first-order chi connectivity index (χ1) is 17.5. The van der Waals surface area contributed by atoms with Gasteiger partial charge in [0.15, 0.2) is 0 Å². The van der Waals surface area contributed by atoms with Crippen LogP contribution in [0.1, 0.15) is 145 Å². The van der Waals surface area contributed by atoms with Gasteiger partial charge in [-0.05, 0) is 110 Å². The van der Waals surface area contributed by atoms with Gasteiger partial charge in [0, 0.05) is 0 Å². The minimum Gasteiger partial charge on any atom is -0.0617 e. The van der Waals surface area contributed by atoms with Crippen LogP contribution in [0.25, 0.3) is 0 Å². The Balaban J connectivity index is 1.33. The molecule has 9 fully saturated rings. The van der Waals surface area contributed by atoms with Crippen molar-refractivity contribution >= 4 is 0 Å². The van der Waals surface area contributed by atoms with Crippen molar-refractivity contribution in [1.82, 2.24) is 0 Å². The smallest absolute Gasteiger partial charge is 0.0130 e. The third-order valence-corrected chi connectivity index (χ3v) is 27.1. The van der Waals surface area contributed by atoms with Crippen LogP contribution >= 0.6 is 0 Å². The summed E-state index contributed by atoms with van der Waals surface area (Å²) >= 11 is 0. The third kappa shape index (κ3) is 0.992. The molecule has 0 heterocycles. The van der Waals surface area contributed by atoms with Crippen LogP contribution in [-0.4, -0.2) is 0 Å². The van der Waals surface area contributed by atoms with Gasteiger partial charge in [0.1, 0.15) is 0 Å². The summed E-state index contributed by atoms with van der Waals surface area (Å²) in [5, 5.41) is 0. The predicted octanol–water partition coefficient (Wildman–Crippen LogP) is 10.9. The molecule has 9 aliphatic rings. The van der Waals surface area contributed by atoms with Crippen LogP contribution in [-0.2, 0) is 0 Å². The lowest BCUT2D eigenvalue weighted by molar-refractivity contribution is -0.787. The maximum absolute atomic E-state index is 2.88. The molecular formula is C40H64. The lowest BCUT2D eigenvalue weighted by atomic mass is 8.78. The molecule has 0 N–H and O–H groups in total. The highest BCUT2D eigenvalue weighted by atomic mass is 15.3. The highest BCUT2D eigenvalue weighted by molar-refractivity contribution is 5.69. The minimum absolute atomic E-state index is 0.348. The molecular weight excluding hydrogens is 480 g/mol. The van der Waals surface area contributed by atoms with Crippen LogP contribution in [0.4, 0.5) is 0 Å². The van der Waals surface area contributed by atoms with Gasteiger partial charge >= 0.3 is 0 Å². The van der Waals surface area contributed by atoms with Crippen molar-refractivity contribution in [3.8, 4) is 0 Å². The van der Waals surface area contributed by atoms with Crippen molar-refractivity contribution in [2.24, 2.45) is 104 Å². The highest BCUT2D eigenvalue weighted by Crippen LogP contribution is 3.27. The fourth-order valence-corrected chi connectivity index (χ4v) is 25.3. The van der Waals surface area contributed by atoms with Crippen LogP contribution in [0, 0.1) is 104 Å². The first kappa shape index (κ1) is 26.4. The monoisotopic (exact) mass is 545 g/mol. The lowest BCUT2D eigenvalue weighted by Gasteiger charge is -3.24. The van der Waals surface area contributed by atoms with Gasteiger partial charge in [-0.15, -0.1) is 0 Å². The fraction of sp³-hybridized carbons (Fsp3) is 1.00. The molecule has 9 aliphatic carbocycles. The summed E-state index contributed by atoms with van der Waals surface area (Å²) in [5.74, 6) is 1.64. The minimum atomic E-state index is 0.348. The summed E-state index contributed by atoms with van der Waals surface area (Å²) < 4.78 is 0. The van der Waals surface area contributed by atoms with Gasteiger partial charge < -0.3 is 0 Å². The Bertz CT molecular complexity index is 1470. The molecule has 0 aromatic carbocycles. The van der Waals surface area contributed by atoms with Gasteiger partial charge in [-0.1, -0.05) is 138 Å². The zero-order valence-electron chi connectivity index (χ0n) is 30.4. The molecule has 18 unspecified atom stereocenters. The van der Waals surface area contributed by atoms with Gasteiger partial charge in [-0.2, -0.15) is 0 Å². The van der Waals surface area contributed by atoms with E-state index in [-0.39, 0.29) is 0 Å². The lowest BCUT2D eigenvalue weighted by Crippen LogP contribution is -3.21. The van der Waals surface area contributed by atoms with Crippen molar-refractivity contribution in [1.29, 1.82) is 0 Å². The second kappa shape index (κ2) is 4.74. The van der Waals surface area contributed by atoms with Gasteiger partial charge in [0.2, 0.25) is 0 Å². The molecule has 224 valence electrons. The Labute approximate surface area is 248 Å². The van der Waals surface area contributed by atoms with Gasteiger partial charge in [-0.25, -0.2) is 0 Å². The molecule has 9 rings (SSSR count). The maximum Gasteiger partial charge on any atom is -0.0130 e. The van der Waals surface area contributed by atoms with Crippen molar-refractivity contribution < 1.29 is 0 Å². The summed E-state index contributed by atoms with van der Waals surface area (Å²) in [6, 6.07) is 0. The van der Waals surface area contributed by atoms with E-state index < -0.39 is 0 Å². The van der Waals surface area contributed by atoms with Crippen molar-refractivity contribution in [2.75, 3.05) is 0 Å². The molecule has 0 nitrogen and oxygen atoms in total. The van der Waals surface area contributed by atoms with E-state index in [1.54, 1.807) is 0 Å². The van der Waals surface area contributed by atoms with E-state index >= 15 is 0 Å². The van der Waals surface area contributed by atoms with E-state index in [0.717, 1.165) is 11.8 Å². The van der Waals surface area contributed by atoms with Crippen molar-refractivity contribution in [3.63, 3.8) is 0 Å². The molecule has 40 heavy (non-hydrogen) atoms. The van der Waals surface area contributed by atoms with E-state index in [2.05, 4.69) is 138 Å². The van der Waals surface area contributed by atoms with E-state index in [4.69, 9.17) is 0 Å². The molecule has 0 aromatic rings. The molecule has 0 saturated heterocycles. The molecule has 0 spiro atoms. The topological polar surface area (TPSA) is 0 Å². The fourth-order valence-electron chi connectivity index (χ4n) is 25.3. The van der Waals surface area contributed by atoms with E-state index in [1.807, 2.05) is 0 Å². The van der Waals surface area contributed by atoms with Gasteiger partial charge in [0.25, 0.3) is 0 Å². The quantitative estimate of drug-likeness (QED) is 0.266. The summed E-state index contributed by atoms with van der Waals surface area (Å²) in [6.45, 7) is 55.8. The normalized spacial score (nSPS) is 86.7.